The van der Waals surface area contributed by atoms with Crippen LogP contribution in [0.2, 0.25) is 0 Å². The third-order valence-electron chi connectivity index (χ3n) is 3.49. The van der Waals surface area contributed by atoms with E-state index in [0.717, 1.165) is 0 Å². The molecule has 0 saturated heterocycles. The summed E-state index contributed by atoms with van der Waals surface area (Å²) >= 11 is 0. The fraction of sp³-hybridized carbons (Fsp3) is 0.357. The van der Waals surface area contributed by atoms with Gasteiger partial charge in [0.25, 0.3) is 5.56 Å². The van der Waals surface area contributed by atoms with Crippen molar-refractivity contribution in [2.75, 3.05) is 7.11 Å². The summed E-state index contributed by atoms with van der Waals surface area (Å²) in [5, 5.41) is 0. The third kappa shape index (κ3) is 2.73. The number of ether oxygens (including phenoxy) is 1. The van der Waals surface area contributed by atoms with E-state index in [1.807, 2.05) is 0 Å². The van der Waals surface area contributed by atoms with Crippen molar-refractivity contribution in [1.29, 1.82) is 0 Å². The number of H-pyrrole nitrogens is 1. The summed E-state index contributed by atoms with van der Waals surface area (Å²) in [7, 11) is 1.43. The van der Waals surface area contributed by atoms with Gasteiger partial charge in [0.05, 0.1) is 24.7 Å². The molecule has 3 aromatic rings. The fourth-order valence-electron chi connectivity index (χ4n) is 2.50. The number of nitrogens with zero attached hydrogens (tertiary/aromatic N) is 3. The molecular weight excluding hydrogens is 313 g/mol. The SMILES string of the molecule is COc1ccc2[nH]c(=O)c3c(C)nc(CCC(F)(F)F)n3c2n1. The van der Waals surface area contributed by atoms with Gasteiger partial charge >= 0.3 is 6.18 Å². The van der Waals surface area contributed by atoms with Gasteiger partial charge in [0, 0.05) is 12.5 Å². The number of halogens is 3. The second-order valence-electron chi connectivity index (χ2n) is 5.09. The summed E-state index contributed by atoms with van der Waals surface area (Å²) in [6, 6.07) is 3.15. The van der Waals surface area contributed by atoms with Crippen molar-refractivity contribution in [1.82, 2.24) is 19.4 Å². The van der Waals surface area contributed by atoms with Crippen LogP contribution in [0.25, 0.3) is 16.7 Å². The maximum Gasteiger partial charge on any atom is 0.389 e. The molecule has 0 aliphatic rings. The number of alkyl halides is 3. The maximum absolute atomic E-state index is 12.5. The Bertz CT molecular complexity index is 943. The first-order valence-electron chi connectivity index (χ1n) is 6.82. The van der Waals surface area contributed by atoms with E-state index in [4.69, 9.17) is 4.74 Å². The molecule has 0 spiro atoms. The Balaban J connectivity index is 2.30. The average Bonchev–Trinajstić information content (AvgIpc) is 2.82. The van der Waals surface area contributed by atoms with Gasteiger partial charge in [-0.05, 0) is 13.0 Å². The third-order valence-corrected chi connectivity index (χ3v) is 3.49. The van der Waals surface area contributed by atoms with Crippen LogP contribution in [0.5, 0.6) is 5.88 Å². The number of fused-ring (bicyclic) bond motifs is 3. The summed E-state index contributed by atoms with van der Waals surface area (Å²) in [5.74, 6) is 0.436. The highest BCUT2D eigenvalue weighted by molar-refractivity contribution is 5.75. The first-order valence-corrected chi connectivity index (χ1v) is 6.82. The number of aromatic nitrogens is 4. The van der Waals surface area contributed by atoms with Crippen LogP contribution in [0.3, 0.4) is 0 Å². The molecule has 122 valence electrons. The highest BCUT2D eigenvalue weighted by Crippen LogP contribution is 2.24. The van der Waals surface area contributed by atoms with Crippen LogP contribution < -0.4 is 10.3 Å². The lowest BCUT2D eigenvalue weighted by Gasteiger charge is -2.08. The topological polar surface area (TPSA) is 72.3 Å². The van der Waals surface area contributed by atoms with Crippen LogP contribution in [0.4, 0.5) is 13.2 Å². The summed E-state index contributed by atoms with van der Waals surface area (Å²) in [4.78, 5) is 23.2. The van der Waals surface area contributed by atoms with Crippen molar-refractivity contribution >= 4 is 16.7 Å². The summed E-state index contributed by atoms with van der Waals surface area (Å²) in [5.41, 5.74) is 0.823. The molecular formula is C14H13F3N4O2. The standard InChI is InChI=1S/C14H13F3N4O2/c1-7-11-13(22)19-8-3-4-10(23-2)20-12(8)21(11)9(18-7)5-6-14(15,16)17/h3-4H,5-6H2,1-2H3,(H,19,22). The Hall–Kier alpha value is -2.58. The zero-order chi connectivity index (χ0) is 16.8. The monoisotopic (exact) mass is 326 g/mol. The van der Waals surface area contributed by atoms with Crippen molar-refractivity contribution in [3.8, 4) is 5.88 Å². The number of aromatic amines is 1. The van der Waals surface area contributed by atoms with Crippen LogP contribution in [0.15, 0.2) is 16.9 Å². The van der Waals surface area contributed by atoms with Gasteiger partial charge in [0.15, 0.2) is 5.65 Å². The van der Waals surface area contributed by atoms with Gasteiger partial charge in [-0.25, -0.2) is 4.98 Å². The number of methoxy groups -OCH3 is 1. The first kappa shape index (κ1) is 15.3. The molecule has 0 bridgehead atoms. The number of hydrogen-bond donors (Lipinski definition) is 1. The minimum Gasteiger partial charge on any atom is -0.481 e. The maximum atomic E-state index is 12.5. The molecule has 0 atom stereocenters. The van der Waals surface area contributed by atoms with Crippen molar-refractivity contribution in [3.05, 3.63) is 34.0 Å². The summed E-state index contributed by atoms with van der Waals surface area (Å²) < 4.78 is 44.0. The number of nitrogens with one attached hydrogen (secondary N) is 1. The zero-order valence-corrected chi connectivity index (χ0v) is 12.4. The molecule has 0 aliphatic carbocycles. The van der Waals surface area contributed by atoms with Crippen LogP contribution in [-0.4, -0.2) is 32.6 Å². The average molecular weight is 326 g/mol. The Morgan fingerprint density at radius 2 is 2.04 bits per heavy atom. The van der Waals surface area contributed by atoms with Crippen LogP contribution in [0, 0.1) is 6.92 Å². The Labute approximate surface area is 127 Å². The van der Waals surface area contributed by atoms with Crippen molar-refractivity contribution in [2.24, 2.45) is 0 Å². The number of hydrogen-bond acceptors (Lipinski definition) is 4. The minimum atomic E-state index is -4.30. The van der Waals surface area contributed by atoms with Crippen LogP contribution >= 0.6 is 0 Å². The lowest BCUT2D eigenvalue weighted by atomic mass is 10.3. The van der Waals surface area contributed by atoms with E-state index in [2.05, 4.69) is 15.0 Å². The van der Waals surface area contributed by atoms with Gasteiger partial charge in [-0.1, -0.05) is 0 Å². The molecule has 1 N–H and O–H groups in total. The molecule has 0 amide bonds. The molecule has 0 aliphatic heterocycles. The van der Waals surface area contributed by atoms with E-state index in [1.165, 1.54) is 11.5 Å². The highest BCUT2D eigenvalue weighted by atomic mass is 19.4. The van der Waals surface area contributed by atoms with E-state index in [-0.39, 0.29) is 17.8 Å². The van der Waals surface area contributed by atoms with E-state index in [0.29, 0.717) is 22.7 Å². The van der Waals surface area contributed by atoms with E-state index >= 15 is 0 Å². The molecule has 6 nitrogen and oxygen atoms in total. The molecule has 3 aromatic heterocycles. The van der Waals surface area contributed by atoms with Crippen LogP contribution in [-0.2, 0) is 6.42 Å². The van der Waals surface area contributed by atoms with Crippen LogP contribution in [0.1, 0.15) is 17.9 Å². The largest absolute Gasteiger partial charge is 0.481 e. The molecule has 0 radical (unpaired) electrons. The molecule has 3 heterocycles. The molecule has 0 aromatic carbocycles. The molecule has 23 heavy (non-hydrogen) atoms. The lowest BCUT2D eigenvalue weighted by Crippen LogP contribution is -2.14. The number of pyridine rings is 1. The van der Waals surface area contributed by atoms with Gasteiger partial charge in [-0.3, -0.25) is 9.20 Å². The van der Waals surface area contributed by atoms with E-state index < -0.39 is 18.2 Å². The van der Waals surface area contributed by atoms with Gasteiger partial charge in [0.1, 0.15) is 11.3 Å². The van der Waals surface area contributed by atoms with E-state index in [1.54, 1.807) is 19.1 Å². The summed E-state index contributed by atoms with van der Waals surface area (Å²) in [6.07, 6.45) is -5.67. The van der Waals surface area contributed by atoms with Crippen molar-refractivity contribution in [2.45, 2.75) is 25.9 Å². The second kappa shape index (κ2) is 5.25. The number of aryl methyl sites for hydroxylation is 2. The van der Waals surface area contributed by atoms with Gasteiger partial charge in [-0.2, -0.15) is 18.2 Å². The summed E-state index contributed by atoms with van der Waals surface area (Å²) in [6.45, 7) is 1.58. The molecule has 0 fully saturated rings. The predicted molar refractivity (Wildman–Crippen MR) is 76.8 cm³/mol. The van der Waals surface area contributed by atoms with Crippen molar-refractivity contribution in [3.63, 3.8) is 0 Å². The van der Waals surface area contributed by atoms with Crippen molar-refractivity contribution < 1.29 is 17.9 Å². The van der Waals surface area contributed by atoms with Gasteiger partial charge in [-0.15, -0.1) is 0 Å². The lowest BCUT2D eigenvalue weighted by molar-refractivity contribution is -0.134. The highest BCUT2D eigenvalue weighted by Gasteiger charge is 2.28. The van der Waals surface area contributed by atoms with Gasteiger partial charge in [0.2, 0.25) is 5.88 Å². The Kier molecular flexibility index (Phi) is 3.50. The van der Waals surface area contributed by atoms with E-state index in [9.17, 15) is 18.0 Å². The molecule has 3 rings (SSSR count). The molecule has 0 unspecified atom stereocenters. The normalized spacial score (nSPS) is 12.2. The zero-order valence-electron chi connectivity index (χ0n) is 12.4. The first-order chi connectivity index (χ1) is 10.8. The number of rotatable bonds is 3. The number of imidazole rings is 1. The minimum absolute atomic E-state index is 0.145. The second-order valence-corrected chi connectivity index (χ2v) is 5.09. The molecule has 0 saturated carbocycles. The smallest absolute Gasteiger partial charge is 0.389 e. The molecule has 9 heteroatoms. The Morgan fingerprint density at radius 1 is 1.30 bits per heavy atom. The predicted octanol–water partition coefficient (Wildman–Crippen LogP) is 2.38. The Morgan fingerprint density at radius 3 is 2.70 bits per heavy atom. The quantitative estimate of drug-likeness (QED) is 0.802. The fourth-order valence-corrected chi connectivity index (χ4v) is 2.50. The van der Waals surface area contributed by atoms with Gasteiger partial charge < -0.3 is 9.72 Å².